The van der Waals surface area contributed by atoms with Crippen LogP contribution in [0, 0.1) is 29.4 Å². The number of nitrogens with one attached hydrogen (secondary N) is 5. The third-order valence-corrected chi connectivity index (χ3v) is 14.4. The summed E-state index contributed by atoms with van der Waals surface area (Å²) in [5, 5.41) is 32.7. The van der Waals surface area contributed by atoms with Gasteiger partial charge in [-0.2, -0.15) is 0 Å². The Morgan fingerprint density at radius 1 is 0.637 bits per heavy atom. The second-order valence-corrected chi connectivity index (χ2v) is 21.3. The van der Waals surface area contributed by atoms with E-state index >= 15 is 0 Å². The van der Waals surface area contributed by atoms with Crippen LogP contribution in [0.15, 0.2) is 91.0 Å². The van der Waals surface area contributed by atoms with Gasteiger partial charge in [-0.15, -0.1) is 0 Å². The molecule has 0 spiro atoms. The lowest BCUT2D eigenvalue weighted by atomic mass is 9.84. The molecule has 9 N–H and O–H groups in total. The standard InChI is InChI=1S/C60H77F2N7O11/c1-35(2)27-50(58(77)64-48(25-26-63)57(76)65-49(38(5)70)31-39-13-9-7-10-14-39)67-56(75)37(4)69(6)60(79)52(33-41-19-23-45(24-20-41)80-34-53(71)72)68-59(78)51(32-40-17-21-44(22-18-40)43-15-11-8-12-16-43)66-55(74)36(3)28-42-29-46(61)54(73)47(62)30-42/h8,11-12,15-24,29-30,35-37,39,48-52,73H,7,9-10,13-14,25-28,31-34,63H2,1-6H3,(H,64,77)(H,65,76)(H,66,74)(H,67,75)(H,68,78)(H,71,72)/t36-,37-,48-,49-,50+,51-,52-/m0/s1. The number of Topliss-reactive ketones (excluding diaryl/α,β-unsaturated/α-hetero) is 1. The molecule has 0 bridgehead atoms. The number of rotatable bonds is 29. The molecule has 1 aliphatic carbocycles. The molecule has 5 rings (SSSR count). The van der Waals surface area contributed by atoms with E-state index in [0.717, 1.165) is 60.3 Å². The Bertz CT molecular complexity index is 2740. The summed E-state index contributed by atoms with van der Waals surface area (Å²) in [6, 6.07) is 17.6. The van der Waals surface area contributed by atoms with E-state index in [1.807, 2.05) is 56.3 Å². The van der Waals surface area contributed by atoms with Gasteiger partial charge in [-0.3, -0.25) is 33.6 Å². The number of benzene rings is 4. The van der Waals surface area contributed by atoms with Crippen molar-refractivity contribution >= 4 is 47.2 Å². The van der Waals surface area contributed by atoms with E-state index in [0.29, 0.717) is 17.5 Å². The normalized spacial score (nSPS) is 15.2. The Morgan fingerprint density at radius 2 is 1.15 bits per heavy atom. The maximum absolute atomic E-state index is 14.8. The summed E-state index contributed by atoms with van der Waals surface area (Å²) in [6.07, 6.45) is 5.36. The third kappa shape index (κ3) is 19.3. The summed E-state index contributed by atoms with van der Waals surface area (Å²) in [7, 11) is 1.34. The van der Waals surface area contributed by atoms with E-state index in [1.54, 1.807) is 24.3 Å². The molecule has 0 heterocycles. The molecule has 4 aromatic rings. The summed E-state index contributed by atoms with van der Waals surface area (Å²) in [5.41, 5.74) is 8.88. The van der Waals surface area contributed by atoms with Gasteiger partial charge in [0, 0.05) is 25.8 Å². The molecule has 0 radical (unpaired) electrons. The summed E-state index contributed by atoms with van der Waals surface area (Å²) in [4.78, 5) is 110. The average molecular weight is 1110 g/mol. The van der Waals surface area contributed by atoms with Gasteiger partial charge < -0.3 is 52.2 Å². The summed E-state index contributed by atoms with van der Waals surface area (Å²) in [6.45, 7) is 7.43. The maximum atomic E-state index is 14.8. The van der Waals surface area contributed by atoms with Gasteiger partial charge in [0.1, 0.15) is 36.0 Å². The molecule has 80 heavy (non-hydrogen) atoms. The molecule has 0 aliphatic heterocycles. The SMILES string of the molecule is CC(=O)[C@H](CC1CCCCC1)NC(=O)[C@H](CCN)NC(=O)[C@@H](CC(C)C)NC(=O)[C@H](C)N(C)C(=O)[C@H](Cc1ccc(OCC(=O)O)cc1)NC(=O)[C@H](Cc1ccc(-c2ccccc2)cc1)NC(=O)[C@@H](C)Cc1cc(F)c(O)c(F)c1. The highest BCUT2D eigenvalue weighted by molar-refractivity contribution is 5.97. The molecule has 20 heteroatoms. The van der Waals surface area contributed by atoms with Crippen LogP contribution in [0.1, 0.15) is 103 Å². The second kappa shape index (κ2) is 30.6. The number of phenols is 1. The molecule has 18 nitrogen and oxygen atoms in total. The molecule has 6 amide bonds. The van der Waals surface area contributed by atoms with E-state index in [9.17, 15) is 52.2 Å². The van der Waals surface area contributed by atoms with Crippen molar-refractivity contribution in [2.75, 3.05) is 20.2 Å². The number of ether oxygens (including phenoxy) is 1. The number of nitrogens with zero attached hydrogens (tertiary/aromatic N) is 1. The lowest BCUT2D eigenvalue weighted by Crippen LogP contribution is -2.60. The number of phenolic OH excluding ortho intramolecular Hbond substituents is 1. The predicted molar refractivity (Wildman–Crippen MR) is 297 cm³/mol. The first-order valence-electron chi connectivity index (χ1n) is 27.3. The molecule has 4 aromatic carbocycles. The van der Waals surface area contributed by atoms with Gasteiger partial charge in [0.05, 0.1) is 6.04 Å². The smallest absolute Gasteiger partial charge is 0.341 e. The highest BCUT2D eigenvalue weighted by Crippen LogP contribution is 2.28. The number of hydrogen-bond donors (Lipinski definition) is 8. The lowest BCUT2D eigenvalue weighted by Gasteiger charge is -2.31. The Labute approximate surface area is 466 Å². The fraction of sp³-hybridized carbons (Fsp3) is 0.467. The number of nitrogens with two attached hydrogens (primary N) is 1. The first kappa shape index (κ1) is 63.1. The van der Waals surface area contributed by atoms with Crippen LogP contribution in [0.2, 0.25) is 0 Å². The van der Waals surface area contributed by atoms with Crippen molar-refractivity contribution in [1.82, 2.24) is 31.5 Å². The molecule has 7 atom stereocenters. The summed E-state index contributed by atoms with van der Waals surface area (Å²) in [5.74, 6) is -9.85. The first-order chi connectivity index (χ1) is 38.0. The zero-order chi connectivity index (χ0) is 58.6. The van der Waals surface area contributed by atoms with E-state index in [1.165, 1.54) is 40.0 Å². The summed E-state index contributed by atoms with van der Waals surface area (Å²) >= 11 is 0. The molecule has 0 unspecified atom stereocenters. The van der Waals surface area contributed by atoms with Crippen LogP contribution in [0.4, 0.5) is 8.78 Å². The van der Waals surface area contributed by atoms with Crippen LogP contribution >= 0.6 is 0 Å². The van der Waals surface area contributed by atoms with E-state index in [2.05, 4.69) is 26.6 Å². The lowest BCUT2D eigenvalue weighted by molar-refractivity contribution is -0.142. The zero-order valence-corrected chi connectivity index (χ0v) is 46.4. The van der Waals surface area contributed by atoms with Crippen molar-refractivity contribution < 1.29 is 62.1 Å². The Kier molecular flexibility index (Phi) is 24.1. The van der Waals surface area contributed by atoms with Gasteiger partial charge in [-0.05, 0) is 110 Å². The van der Waals surface area contributed by atoms with Crippen LogP contribution in [0.5, 0.6) is 11.5 Å². The van der Waals surface area contributed by atoms with Gasteiger partial charge in [0.25, 0.3) is 0 Å². The Hall–Kier alpha value is -7.74. The quantitative estimate of drug-likeness (QED) is 0.0326. The minimum atomic E-state index is -1.42. The molecule has 0 saturated heterocycles. The predicted octanol–water partition coefficient (Wildman–Crippen LogP) is 5.69. The number of carboxylic acid groups (broad SMARTS) is 1. The van der Waals surface area contributed by atoms with Crippen LogP contribution in [0.25, 0.3) is 11.1 Å². The number of ketones is 1. The van der Waals surface area contributed by atoms with Crippen LogP contribution in [-0.2, 0) is 57.6 Å². The van der Waals surface area contributed by atoms with Gasteiger partial charge in [0.2, 0.25) is 35.4 Å². The van der Waals surface area contributed by atoms with Crippen molar-refractivity contribution in [3.05, 3.63) is 119 Å². The number of amides is 6. The average Bonchev–Trinajstić information content (AvgIpc) is 3.45. The van der Waals surface area contributed by atoms with Crippen molar-refractivity contribution in [3.63, 3.8) is 0 Å². The minimum absolute atomic E-state index is 0.0248. The van der Waals surface area contributed by atoms with Gasteiger partial charge in [-0.25, -0.2) is 13.6 Å². The van der Waals surface area contributed by atoms with Crippen molar-refractivity contribution in [3.8, 4) is 22.6 Å². The Morgan fingerprint density at radius 3 is 1.73 bits per heavy atom. The Balaban J connectivity index is 1.39. The zero-order valence-electron chi connectivity index (χ0n) is 46.4. The number of aromatic hydroxyl groups is 1. The van der Waals surface area contributed by atoms with E-state index in [4.69, 9.17) is 15.6 Å². The molecule has 432 valence electrons. The molecule has 1 aliphatic rings. The minimum Gasteiger partial charge on any atom is -0.503 e. The highest BCUT2D eigenvalue weighted by Gasteiger charge is 2.36. The van der Waals surface area contributed by atoms with Crippen molar-refractivity contribution in [1.29, 1.82) is 0 Å². The second-order valence-electron chi connectivity index (χ2n) is 21.3. The molecular weight excluding hydrogens is 1030 g/mol. The fourth-order valence-electron chi connectivity index (χ4n) is 9.65. The van der Waals surface area contributed by atoms with Crippen molar-refractivity contribution in [2.24, 2.45) is 23.5 Å². The number of aliphatic carboxylic acids is 1. The molecule has 1 saturated carbocycles. The molecule has 0 aromatic heterocycles. The highest BCUT2D eigenvalue weighted by atomic mass is 19.1. The van der Waals surface area contributed by atoms with Gasteiger partial charge >= 0.3 is 5.97 Å². The monoisotopic (exact) mass is 1110 g/mol. The number of hydrogen-bond acceptors (Lipinski definition) is 11. The topological polar surface area (TPSA) is 276 Å². The number of carboxylic acids is 1. The van der Waals surface area contributed by atoms with E-state index in [-0.39, 0.29) is 67.6 Å². The number of likely N-dealkylation sites (N-methyl/N-ethyl adjacent to an activating group) is 1. The fourth-order valence-corrected chi connectivity index (χ4v) is 9.65. The number of carbonyl (C=O) groups excluding carboxylic acids is 7. The van der Waals surface area contributed by atoms with Crippen LogP contribution in [0.3, 0.4) is 0 Å². The summed E-state index contributed by atoms with van der Waals surface area (Å²) < 4.78 is 33.9. The van der Waals surface area contributed by atoms with Crippen LogP contribution < -0.4 is 37.1 Å². The van der Waals surface area contributed by atoms with Crippen LogP contribution in [-0.4, -0.2) is 119 Å². The third-order valence-electron chi connectivity index (χ3n) is 14.4. The molecule has 1 fully saturated rings. The molecular formula is C60H77F2N7O11. The van der Waals surface area contributed by atoms with Gasteiger partial charge in [0.15, 0.2) is 29.8 Å². The van der Waals surface area contributed by atoms with Crippen molar-refractivity contribution in [2.45, 2.75) is 141 Å². The van der Waals surface area contributed by atoms with E-state index < -0.39 is 108 Å². The number of carbonyl (C=O) groups is 8. The van der Waals surface area contributed by atoms with Gasteiger partial charge in [-0.1, -0.05) is 120 Å². The largest absolute Gasteiger partial charge is 0.503 e. The maximum Gasteiger partial charge on any atom is 0.341 e. The first-order valence-corrected chi connectivity index (χ1v) is 27.3. The number of halogens is 2.